The van der Waals surface area contributed by atoms with Gasteiger partial charge < -0.3 is 10.1 Å². The maximum atomic E-state index is 11.5. The molecule has 0 bridgehead atoms. The minimum absolute atomic E-state index is 0.0551. The van der Waals surface area contributed by atoms with Crippen LogP contribution in [0.25, 0.3) is 0 Å². The number of carbonyl (C=O) groups is 1. The zero-order chi connectivity index (χ0) is 13.7. The molecule has 0 spiro atoms. The molecular formula is C14H20BrNO2. The van der Waals surface area contributed by atoms with Crippen LogP contribution in [-0.4, -0.2) is 18.6 Å². The van der Waals surface area contributed by atoms with Crippen molar-refractivity contribution in [2.24, 2.45) is 0 Å². The lowest BCUT2D eigenvalue weighted by molar-refractivity contribution is -0.123. The van der Waals surface area contributed by atoms with E-state index in [1.165, 1.54) is 0 Å². The van der Waals surface area contributed by atoms with Crippen molar-refractivity contribution in [3.8, 4) is 5.75 Å². The maximum Gasteiger partial charge on any atom is 0.258 e. The van der Waals surface area contributed by atoms with Crippen LogP contribution in [0.5, 0.6) is 5.75 Å². The number of hydrogen-bond acceptors (Lipinski definition) is 2. The van der Waals surface area contributed by atoms with E-state index in [2.05, 4.69) is 35.1 Å². The Morgan fingerprint density at radius 2 is 2.00 bits per heavy atom. The summed E-state index contributed by atoms with van der Waals surface area (Å²) in [5, 5.41) is 2.80. The molecule has 100 valence electrons. The Balaban J connectivity index is 2.70. The second kappa shape index (κ2) is 6.78. The highest BCUT2D eigenvalue weighted by atomic mass is 79.9. The summed E-state index contributed by atoms with van der Waals surface area (Å²) in [6.45, 7) is 8.11. The Morgan fingerprint density at radius 3 is 2.56 bits per heavy atom. The van der Waals surface area contributed by atoms with Crippen LogP contribution in [0.1, 0.15) is 39.2 Å². The summed E-state index contributed by atoms with van der Waals surface area (Å²) < 4.78 is 6.60. The maximum absolute atomic E-state index is 11.5. The zero-order valence-electron chi connectivity index (χ0n) is 11.3. The number of rotatable bonds is 5. The molecule has 1 aromatic rings. The van der Waals surface area contributed by atoms with E-state index in [0.717, 1.165) is 15.8 Å². The summed E-state index contributed by atoms with van der Waals surface area (Å²) >= 11 is 3.44. The Kier molecular flexibility index (Phi) is 5.66. The van der Waals surface area contributed by atoms with Crippen LogP contribution < -0.4 is 10.1 Å². The summed E-state index contributed by atoms with van der Waals surface area (Å²) in [5.74, 6) is 1.03. The summed E-state index contributed by atoms with van der Waals surface area (Å²) in [6.07, 6.45) is 0. The lowest BCUT2D eigenvalue weighted by Crippen LogP contribution is -2.34. The molecule has 0 aromatic heterocycles. The molecule has 0 fully saturated rings. The van der Waals surface area contributed by atoms with Gasteiger partial charge in [-0.05, 0) is 43.5 Å². The molecule has 1 N–H and O–H groups in total. The van der Waals surface area contributed by atoms with Gasteiger partial charge in [-0.2, -0.15) is 0 Å². The number of halogens is 1. The van der Waals surface area contributed by atoms with Gasteiger partial charge in [-0.25, -0.2) is 0 Å². The van der Waals surface area contributed by atoms with Crippen LogP contribution in [0.15, 0.2) is 22.7 Å². The predicted molar refractivity (Wildman–Crippen MR) is 77.0 cm³/mol. The van der Waals surface area contributed by atoms with Crippen LogP contribution in [-0.2, 0) is 4.79 Å². The van der Waals surface area contributed by atoms with Crippen molar-refractivity contribution in [2.45, 2.75) is 39.7 Å². The standard InChI is InChI=1S/C14H20BrNO2/c1-9(2)12-7-11(15)5-6-13(12)18-8-14(17)16-10(3)4/h5-7,9-10H,8H2,1-4H3,(H,16,17). The van der Waals surface area contributed by atoms with Crippen molar-refractivity contribution < 1.29 is 9.53 Å². The molecule has 1 amide bonds. The van der Waals surface area contributed by atoms with Gasteiger partial charge in [0.15, 0.2) is 6.61 Å². The lowest BCUT2D eigenvalue weighted by atomic mass is 10.0. The molecule has 18 heavy (non-hydrogen) atoms. The van der Waals surface area contributed by atoms with E-state index in [-0.39, 0.29) is 18.6 Å². The molecular weight excluding hydrogens is 294 g/mol. The fourth-order valence-corrected chi connectivity index (χ4v) is 1.99. The first-order valence-electron chi connectivity index (χ1n) is 6.11. The largest absolute Gasteiger partial charge is 0.483 e. The molecule has 1 aromatic carbocycles. The summed E-state index contributed by atoms with van der Waals surface area (Å²) in [4.78, 5) is 11.5. The first-order valence-corrected chi connectivity index (χ1v) is 6.91. The van der Waals surface area contributed by atoms with E-state index in [4.69, 9.17) is 4.74 Å². The Morgan fingerprint density at radius 1 is 1.33 bits per heavy atom. The van der Waals surface area contributed by atoms with E-state index >= 15 is 0 Å². The smallest absolute Gasteiger partial charge is 0.258 e. The Labute approximate surface area is 117 Å². The fourth-order valence-electron chi connectivity index (χ4n) is 1.61. The predicted octanol–water partition coefficient (Wildman–Crippen LogP) is 3.48. The molecule has 0 heterocycles. The van der Waals surface area contributed by atoms with Gasteiger partial charge in [-0.3, -0.25) is 4.79 Å². The fraction of sp³-hybridized carbons (Fsp3) is 0.500. The first kappa shape index (κ1) is 15.0. The normalized spacial score (nSPS) is 10.8. The summed E-state index contributed by atoms with van der Waals surface area (Å²) in [7, 11) is 0. The number of carbonyl (C=O) groups excluding carboxylic acids is 1. The molecule has 1 rings (SSSR count). The Bertz CT molecular complexity index is 416. The van der Waals surface area contributed by atoms with E-state index in [9.17, 15) is 4.79 Å². The van der Waals surface area contributed by atoms with Crippen molar-refractivity contribution in [3.05, 3.63) is 28.2 Å². The highest BCUT2D eigenvalue weighted by Gasteiger charge is 2.10. The van der Waals surface area contributed by atoms with Crippen molar-refractivity contribution in [1.82, 2.24) is 5.32 Å². The molecule has 0 atom stereocenters. The molecule has 0 aliphatic heterocycles. The average molecular weight is 314 g/mol. The van der Waals surface area contributed by atoms with E-state index in [0.29, 0.717) is 5.92 Å². The van der Waals surface area contributed by atoms with Gasteiger partial charge in [-0.1, -0.05) is 29.8 Å². The number of ether oxygens (including phenoxy) is 1. The van der Waals surface area contributed by atoms with Crippen LogP contribution in [0.3, 0.4) is 0 Å². The number of nitrogens with one attached hydrogen (secondary N) is 1. The molecule has 3 nitrogen and oxygen atoms in total. The monoisotopic (exact) mass is 313 g/mol. The van der Waals surface area contributed by atoms with Crippen LogP contribution in [0, 0.1) is 0 Å². The first-order chi connectivity index (χ1) is 8.40. The molecule has 0 radical (unpaired) electrons. The van der Waals surface area contributed by atoms with E-state index in [1.54, 1.807) is 0 Å². The quantitative estimate of drug-likeness (QED) is 0.903. The van der Waals surface area contributed by atoms with Crippen LogP contribution >= 0.6 is 15.9 Å². The average Bonchev–Trinajstić information content (AvgIpc) is 2.26. The second-order valence-electron chi connectivity index (χ2n) is 4.85. The third kappa shape index (κ3) is 4.69. The van der Waals surface area contributed by atoms with Gasteiger partial charge >= 0.3 is 0 Å². The minimum atomic E-state index is -0.0948. The van der Waals surface area contributed by atoms with Gasteiger partial charge in [-0.15, -0.1) is 0 Å². The van der Waals surface area contributed by atoms with Gasteiger partial charge in [0.05, 0.1) is 0 Å². The lowest BCUT2D eigenvalue weighted by Gasteiger charge is -2.15. The highest BCUT2D eigenvalue weighted by Crippen LogP contribution is 2.29. The third-order valence-corrected chi connectivity index (χ3v) is 2.90. The van der Waals surface area contributed by atoms with E-state index < -0.39 is 0 Å². The summed E-state index contributed by atoms with van der Waals surface area (Å²) in [6, 6.07) is 5.97. The van der Waals surface area contributed by atoms with Gasteiger partial charge in [0, 0.05) is 10.5 Å². The van der Waals surface area contributed by atoms with Crippen LogP contribution in [0.2, 0.25) is 0 Å². The minimum Gasteiger partial charge on any atom is -0.483 e. The van der Waals surface area contributed by atoms with Crippen molar-refractivity contribution in [2.75, 3.05) is 6.61 Å². The number of benzene rings is 1. The van der Waals surface area contributed by atoms with Crippen molar-refractivity contribution in [1.29, 1.82) is 0 Å². The molecule has 0 saturated heterocycles. The highest BCUT2D eigenvalue weighted by molar-refractivity contribution is 9.10. The molecule has 0 aliphatic carbocycles. The molecule has 0 unspecified atom stereocenters. The molecule has 0 aliphatic rings. The zero-order valence-corrected chi connectivity index (χ0v) is 12.9. The SMILES string of the molecule is CC(C)NC(=O)COc1ccc(Br)cc1C(C)C. The Hall–Kier alpha value is -1.03. The van der Waals surface area contributed by atoms with Crippen molar-refractivity contribution >= 4 is 21.8 Å². The van der Waals surface area contributed by atoms with Crippen LogP contribution in [0.4, 0.5) is 0 Å². The number of amides is 1. The molecule has 0 saturated carbocycles. The topological polar surface area (TPSA) is 38.3 Å². The van der Waals surface area contributed by atoms with E-state index in [1.807, 2.05) is 32.0 Å². The second-order valence-corrected chi connectivity index (χ2v) is 5.76. The number of hydrogen-bond donors (Lipinski definition) is 1. The van der Waals surface area contributed by atoms with Gasteiger partial charge in [0.1, 0.15) is 5.75 Å². The third-order valence-electron chi connectivity index (χ3n) is 2.40. The van der Waals surface area contributed by atoms with Crippen molar-refractivity contribution in [3.63, 3.8) is 0 Å². The summed E-state index contributed by atoms with van der Waals surface area (Å²) in [5.41, 5.74) is 1.10. The van der Waals surface area contributed by atoms with Gasteiger partial charge in [0.2, 0.25) is 0 Å². The van der Waals surface area contributed by atoms with Gasteiger partial charge in [0.25, 0.3) is 5.91 Å². The molecule has 4 heteroatoms.